The van der Waals surface area contributed by atoms with Crippen molar-refractivity contribution in [3.05, 3.63) is 27.6 Å². The molecule has 0 N–H and O–H groups in total. The highest BCUT2D eigenvalue weighted by Crippen LogP contribution is 2.18. The van der Waals surface area contributed by atoms with E-state index in [1.807, 2.05) is 22.6 Å². The van der Waals surface area contributed by atoms with Crippen molar-refractivity contribution in [3.8, 4) is 5.75 Å². The highest BCUT2D eigenvalue weighted by Gasteiger charge is 2.00. The van der Waals surface area contributed by atoms with Gasteiger partial charge in [0.25, 0.3) is 0 Å². The predicted octanol–water partition coefficient (Wildman–Crippen LogP) is 1.98. The number of hydrogen-bond donors (Lipinski definition) is 0. The van der Waals surface area contributed by atoms with Gasteiger partial charge in [-0.3, -0.25) is 0 Å². The van der Waals surface area contributed by atoms with Crippen LogP contribution in [0.2, 0.25) is 6.04 Å². The maximum absolute atomic E-state index is 13.0. The van der Waals surface area contributed by atoms with Crippen LogP contribution >= 0.6 is 22.6 Å². The summed E-state index contributed by atoms with van der Waals surface area (Å²) < 4.78 is 19.0. The van der Waals surface area contributed by atoms with Gasteiger partial charge in [-0.15, -0.1) is 0 Å². The van der Waals surface area contributed by atoms with Crippen molar-refractivity contribution in [2.45, 2.75) is 12.5 Å². The van der Waals surface area contributed by atoms with Gasteiger partial charge in [0.15, 0.2) is 0 Å². The van der Waals surface area contributed by atoms with Crippen LogP contribution in [-0.4, -0.2) is 16.8 Å². The summed E-state index contributed by atoms with van der Waals surface area (Å²) in [6.45, 7) is 0.698. The van der Waals surface area contributed by atoms with Crippen LogP contribution < -0.4 is 4.74 Å². The lowest BCUT2D eigenvalue weighted by Gasteiger charge is -2.05. The molecular weight excluding hydrogens is 298 g/mol. The molecule has 1 aromatic carbocycles. The Balaban J connectivity index is 2.53. The zero-order valence-corrected chi connectivity index (χ0v) is 11.7. The van der Waals surface area contributed by atoms with Gasteiger partial charge in [0.2, 0.25) is 0 Å². The molecule has 0 aliphatic carbocycles. The molecule has 0 spiro atoms. The molecule has 0 atom stereocenters. The Bertz CT molecular complexity index is 280. The molecular formula is C9H12FIOSi. The summed E-state index contributed by atoms with van der Waals surface area (Å²) in [5.74, 6) is 0.428. The SMILES string of the molecule is Fc1cc(OCCC[SiH3])ccc1I. The number of rotatable bonds is 4. The molecule has 0 saturated carbocycles. The minimum atomic E-state index is -0.205. The first-order valence-corrected chi connectivity index (χ1v) is 6.81. The van der Waals surface area contributed by atoms with Gasteiger partial charge in [0.05, 0.1) is 6.61 Å². The van der Waals surface area contributed by atoms with Gasteiger partial charge in [-0.2, -0.15) is 0 Å². The molecule has 0 aliphatic heterocycles. The first kappa shape index (κ1) is 11.0. The summed E-state index contributed by atoms with van der Waals surface area (Å²) in [5.41, 5.74) is 0. The fraction of sp³-hybridized carbons (Fsp3) is 0.333. The van der Waals surface area contributed by atoms with Gasteiger partial charge in [-0.1, -0.05) is 6.04 Å². The fourth-order valence-corrected chi connectivity index (χ4v) is 1.53. The minimum Gasteiger partial charge on any atom is -0.494 e. The van der Waals surface area contributed by atoms with Gasteiger partial charge in [-0.05, 0) is 41.1 Å². The molecule has 4 heteroatoms. The predicted molar refractivity (Wildman–Crippen MR) is 64.0 cm³/mol. The van der Waals surface area contributed by atoms with Crippen molar-refractivity contribution in [2.75, 3.05) is 6.61 Å². The van der Waals surface area contributed by atoms with Crippen LogP contribution in [0.25, 0.3) is 0 Å². The topological polar surface area (TPSA) is 9.23 Å². The summed E-state index contributed by atoms with van der Waals surface area (Å²) in [6.07, 6.45) is 1.07. The third kappa shape index (κ3) is 3.64. The molecule has 0 bridgehead atoms. The van der Waals surface area contributed by atoms with E-state index in [0.29, 0.717) is 15.9 Å². The van der Waals surface area contributed by atoms with Crippen molar-refractivity contribution in [1.82, 2.24) is 0 Å². The molecule has 0 saturated heterocycles. The Kier molecular flexibility index (Phi) is 4.72. The van der Waals surface area contributed by atoms with E-state index in [0.717, 1.165) is 6.42 Å². The molecule has 0 amide bonds. The van der Waals surface area contributed by atoms with Gasteiger partial charge in [0.1, 0.15) is 11.6 Å². The van der Waals surface area contributed by atoms with Crippen LogP contribution in [0.3, 0.4) is 0 Å². The summed E-state index contributed by atoms with van der Waals surface area (Å²) in [7, 11) is 1.21. The molecule has 0 fully saturated rings. The first-order chi connectivity index (χ1) is 6.24. The molecule has 1 aromatic rings. The Morgan fingerprint density at radius 1 is 1.46 bits per heavy atom. The molecule has 1 nitrogen and oxygen atoms in total. The van der Waals surface area contributed by atoms with E-state index in [-0.39, 0.29) is 5.82 Å². The van der Waals surface area contributed by atoms with Crippen molar-refractivity contribution in [3.63, 3.8) is 0 Å². The Hall–Kier alpha value is -0.103. The van der Waals surface area contributed by atoms with E-state index in [4.69, 9.17) is 4.74 Å². The van der Waals surface area contributed by atoms with Gasteiger partial charge in [-0.25, -0.2) is 4.39 Å². The summed E-state index contributed by atoms with van der Waals surface area (Å²) in [4.78, 5) is 0. The first-order valence-electron chi connectivity index (χ1n) is 4.32. The molecule has 72 valence electrons. The lowest BCUT2D eigenvalue weighted by atomic mass is 10.3. The van der Waals surface area contributed by atoms with Gasteiger partial charge >= 0.3 is 0 Å². The van der Waals surface area contributed by atoms with Gasteiger partial charge < -0.3 is 4.74 Å². The van der Waals surface area contributed by atoms with Gasteiger partial charge in [0, 0.05) is 19.9 Å². The van der Waals surface area contributed by atoms with E-state index in [2.05, 4.69) is 0 Å². The smallest absolute Gasteiger partial charge is 0.140 e. The fourth-order valence-electron chi connectivity index (χ4n) is 0.901. The van der Waals surface area contributed by atoms with Crippen LogP contribution in [0, 0.1) is 9.39 Å². The zero-order valence-electron chi connectivity index (χ0n) is 7.52. The minimum absolute atomic E-state index is 0.205. The largest absolute Gasteiger partial charge is 0.494 e. The van der Waals surface area contributed by atoms with Crippen molar-refractivity contribution in [2.24, 2.45) is 0 Å². The third-order valence-corrected chi connectivity index (χ3v) is 3.24. The lowest BCUT2D eigenvalue weighted by molar-refractivity contribution is 0.315. The Labute approximate surface area is 94.2 Å². The Morgan fingerprint density at radius 3 is 2.85 bits per heavy atom. The summed E-state index contributed by atoms with van der Waals surface area (Å²) in [6, 6.07) is 6.20. The van der Waals surface area contributed by atoms with Crippen molar-refractivity contribution < 1.29 is 9.13 Å². The average Bonchev–Trinajstić information content (AvgIpc) is 2.12. The number of ether oxygens (including phenoxy) is 1. The highest BCUT2D eigenvalue weighted by molar-refractivity contribution is 14.1. The zero-order chi connectivity index (χ0) is 9.68. The third-order valence-electron chi connectivity index (χ3n) is 1.66. The molecule has 1 rings (SSSR count). The molecule has 0 unspecified atom stereocenters. The van der Waals surface area contributed by atoms with Crippen LogP contribution in [0.1, 0.15) is 6.42 Å². The van der Waals surface area contributed by atoms with Crippen LogP contribution in [-0.2, 0) is 0 Å². The lowest BCUT2D eigenvalue weighted by Crippen LogP contribution is -1.97. The van der Waals surface area contributed by atoms with Crippen molar-refractivity contribution >= 4 is 32.8 Å². The second-order valence-electron chi connectivity index (χ2n) is 2.78. The maximum Gasteiger partial charge on any atom is 0.140 e. The van der Waals surface area contributed by atoms with E-state index in [1.54, 1.807) is 12.1 Å². The van der Waals surface area contributed by atoms with Crippen molar-refractivity contribution in [1.29, 1.82) is 0 Å². The standard InChI is InChI=1S/C9H12FIOSi/c10-8-6-7(2-3-9(8)11)12-4-1-5-13/h2-3,6H,1,4-5H2,13H3. The maximum atomic E-state index is 13.0. The molecule has 0 radical (unpaired) electrons. The monoisotopic (exact) mass is 310 g/mol. The number of hydrogen-bond acceptors (Lipinski definition) is 1. The van der Waals surface area contributed by atoms with Crippen LogP contribution in [0.5, 0.6) is 5.75 Å². The van der Waals surface area contributed by atoms with E-state index in [9.17, 15) is 4.39 Å². The second kappa shape index (κ2) is 5.59. The van der Waals surface area contributed by atoms with E-state index in [1.165, 1.54) is 22.4 Å². The highest BCUT2D eigenvalue weighted by atomic mass is 127. The molecule has 13 heavy (non-hydrogen) atoms. The van der Waals surface area contributed by atoms with Crippen LogP contribution in [0.15, 0.2) is 18.2 Å². The molecule has 0 aromatic heterocycles. The van der Waals surface area contributed by atoms with E-state index < -0.39 is 0 Å². The van der Waals surface area contributed by atoms with E-state index >= 15 is 0 Å². The molecule has 0 aliphatic rings. The quantitative estimate of drug-likeness (QED) is 0.469. The normalized spacial score (nSPS) is 10.3. The molecule has 0 heterocycles. The summed E-state index contributed by atoms with van der Waals surface area (Å²) >= 11 is 1.96. The number of halogens is 2. The second-order valence-corrected chi connectivity index (χ2v) is 4.94. The Morgan fingerprint density at radius 2 is 2.23 bits per heavy atom. The number of benzene rings is 1. The van der Waals surface area contributed by atoms with Crippen LogP contribution in [0.4, 0.5) is 4.39 Å². The average molecular weight is 310 g/mol. The summed E-state index contributed by atoms with van der Waals surface area (Å²) in [5, 5.41) is 0.